The molecule has 0 bridgehead atoms. The summed E-state index contributed by atoms with van der Waals surface area (Å²) >= 11 is 0. The summed E-state index contributed by atoms with van der Waals surface area (Å²) in [6.07, 6.45) is 62.6. The summed E-state index contributed by atoms with van der Waals surface area (Å²) in [5.41, 5.74) is 0. The minimum atomic E-state index is -0.858. The molecule has 0 heterocycles. The van der Waals surface area contributed by atoms with E-state index in [4.69, 9.17) is 0 Å². The average Bonchev–Trinajstić information content (AvgIpc) is 3.18. The number of aliphatic hydroxyl groups excluding tert-OH is 2. The molecule has 0 aliphatic carbocycles. The third-order valence-electron chi connectivity index (χ3n) is 10.8. The highest BCUT2D eigenvalue weighted by atomic mass is 16.3. The summed E-state index contributed by atoms with van der Waals surface area (Å²) in [5, 5.41) is 22.8. The number of hydrogen-bond donors (Lipinski definition) is 3. The van der Waals surface area contributed by atoms with Crippen molar-refractivity contribution >= 4 is 5.91 Å². The monoisotopic (exact) mass is 756 g/mol. The van der Waals surface area contributed by atoms with Crippen LogP contribution in [-0.4, -0.2) is 34.9 Å². The fraction of sp³-hybridized carbons (Fsp3) is 0.820. The number of unbranched alkanes of at least 4 members (excludes halogenated alkanes) is 30. The van der Waals surface area contributed by atoms with E-state index in [2.05, 4.69) is 55.6 Å². The zero-order chi connectivity index (χ0) is 39.3. The number of carbonyl (C=O) groups excluding carboxylic acids is 1. The maximum atomic E-state index is 12.3. The summed E-state index contributed by atoms with van der Waals surface area (Å²) < 4.78 is 0. The first kappa shape index (κ1) is 52.3. The topological polar surface area (TPSA) is 69.6 Å². The summed E-state index contributed by atoms with van der Waals surface area (Å²) in [4.78, 5) is 12.3. The lowest BCUT2D eigenvalue weighted by Crippen LogP contribution is -2.45. The molecule has 4 nitrogen and oxygen atoms in total. The van der Waals surface area contributed by atoms with E-state index < -0.39 is 12.1 Å². The van der Waals surface area contributed by atoms with Crippen LogP contribution in [0.1, 0.15) is 245 Å². The molecule has 54 heavy (non-hydrogen) atoms. The minimum Gasteiger partial charge on any atom is -0.394 e. The van der Waals surface area contributed by atoms with Crippen LogP contribution in [-0.2, 0) is 4.79 Å². The van der Waals surface area contributed by atoms with Crippen molar-refractivity contribution in [2.24, 2.45) is 0 Å². The second-order valence-electron chi connectivity index (χ2n) is 16.2. The standard InChI is InChI=1S/C50H93NO3/c1-3-5-7-9-11-13-14-15-16-17-18-19-20-21-22-23-24-25-26-27-28-29-30-31-32-33-34-35-36-38-40-42-44-46-50(54)51-48(47-52)49(53)45-43-41-39-37-12-10-8-6-4-2/h12,14-15,17-18,37,43,45,48-49,52-53H,3-11,13,16,19-36,38-42,44,46-47H2,1-2H3,(H,51,54)/b15-14-,18-17-,37-12+,45-43+. The van der Waals surface area contributed by atoms with Crippen LogP contribution in [0.15, 0.2) is 48.6 Å². The molecule has 0 fully saturated rings. The Hall–Kier alpha value is -1.65. The van der Waals surface area contributed by atoms with Crippen molar-refractivity contribution in [2.45, 2.75) is 257 Å². The molecule has 0 saturated carbocycles. The molecule has 3 N–H and O–H groups in total. The van der Waals surface area contributed by atoms with Gasteiger partial charge in [-0.1, -0.05) is 223 Å². The van der Waals surface area contributed by atoms with Crippen LogP contribution in [0.2, 0.25) is 0 Å². The first-order valence-corrected chi connectivity index (χ1v) is 23.9. The Labute approximate surface area is 337 Å². The first-order chi connectivity index (χ1) is 26.7. The Morgan fingerprint density at radius 1 is 0.444 bits per heavy atom. The van der Waals surface area contributed by atoms with E-state index in [1.54, 1.807) is 6.08 Å². The molecule has 4 heteroatoms. The van der Waals surface area contributed by atoms with Crippen LogP contribution in [0.3, 0.4) is 0 Å². The maximum absolute atomic E-state index is 12.3. The van der Waals surface area contributed by atoms with Gasteiger partial charge in [0, 0.05) is 6.42 Å². The molecule has 0 spiro atoms. The van der Waals surface area contributed by atoms with Crippen LogP contribution in [0.5, 0.6) is 0 Å². The Morgan fingerprint density at radius 3 is 1.22 bits per heavy atom. The molecule has 0 aromatic heterocycles. The summed E-state index contributed by atoms with van der Waals surface area (Å²) in [6, 6.07) is -0.635. The molecular formula is C50H93NO3. The van der Waals surface area contributed by atoms with E-state index in [1.165, 1.54) is 186 Å². The number of amides is 1. The second-order valence-corrected chi connectivity index (χ2v) is 16.2. The van der Waals surface area contributed by atoms with Crippen LogP contribution >= 0.6 is 0 Å². The summed E-state index contributed by atoms with van der Waals surface area (Å²) in [5.74, 6) is -0.0748. The molecule has 0 aliphatic rings. The van der Waals surface area contributed by atoms with Gasteiger partial charge in [0.25, 0.3) is 0 Å². The Bertz CT molecular complexity index is 862. The van der Waals surface area contributed by atoms with Crippen LogP contribution in [0.25, 0.3) is 0 Å². The van der Waals surface area contributed by atoms with E-state index in [0.29, 0.717) is 6.42 Å². The molecular weight excluding hydrogens is 663 g/mol. The summed E-state index contributed by atoms with van der Waals surface area (Å²) in [6.45, 7) is 4.24. The molecule has 0 aromatic carbocycles. The largest absolute Gasteiger partial charge is 0.394 e. The second kappa shape index (κ2) is 45.7. The zero-order valence-corrected chi connectivity index (χ0v) is 36.2. The predicted octanol–water partition coefficient (Wildman–Crippen LogP) is 15.1. The van der Waals surface area contributed by atoms with Gasteiger partial charge in [0.2, 0.25) is 5.91 Å². The van der Waals surface area contributed by atoms with Crippen molar-refractivity contribution in [2.75, 3.05) is 6.61 Å². The SMILES string of the molecule is CCCCC/C=C/CC/C=C/C(O)C(CO)NC(=O)CCCCCCCCCCCCCCCCCCCCCCC/C=C\C/C=C\CCCCCCC. The van der Waals surface area contributed by atoms with Crippen molar-refractivity contribution < 1.29 is 15.0 Å². The number of rotatable bonds is 43. The lowest BCUT2D eigenvalue weighted by molar-refractivity contribution is -0.123. The van der Waals surface area contributed by atoms with Gasteiger partial charge in [-0.2, -0.15) is 0 Å². The van der Waals surface area contributed by atoms with E-state index in [9.17, 15) is 15.0 Å². The van der Waals surface area contributed by atoms with Crippen molar-refractivity contribution in [1.82, 2.24) is 5.32 Å². The van der Waals surface area contributed by atoms with E-state index in [0.717, 1.165) is 38.5 Å². The van der Waals surface area contributed by atoms with Crippen molar-refractivity contribution in [3.63, 3.8) is 0 Å². The van der Waals surface area contributed by atoms with Gasteiger partial charge in [0.1, 0.15) is 0 Å². The lowest BCUT2D eigenvalue weighted by Gasteiger charge is -2.19. The molecule has 0 rings (SSSR count). The maximum Gasteiger partial charge on any atom is 0.220 e. The molecule has 316 valence electrons. The molecule has 0 aliphatic heterocycles. The predicted molar refractivity (Wildman–Crippen MR) is 239 cm³/mol. The molecule has 0 radical (unpaired) electrons. The highest BCUT2D eigenvalue weighted by molar-refractivity contribution is 5.76. The average molecular weight is 756 g/mol. The molecule has 2 unspecified atom stereocenters. The van der Waals surface area contributed by atoms with Gasteiger partial charge in [0.15, 0.2) is 0 Å². The van der Waals surface area contributed by atoms with Crippen LogP contribution < -0.4 is 5.32 Å². The Morgan fingerprint density at radius 2 is 0.778 bits per heavy atom. The third-order valence-corrected chi connectivity index (χ3v) is 10.8. The first-order valence-electron chi connectivity index (χ1n) is 23.9. The van der Waals surface area contributed by atoms with Gasteiger partial charge in [-0.05, 0) is 64.2 Å². The number of nitrogens with one attached hydrogen (secondary N) is 1. The van der Waals surface area contributed by atoms with Crippen molar-refractivity contribution in [1.29, 1.82) is 0 Å². The van der Waals surface area contributed by atoms with Gasteiger partial charge < -0.3 is 15.5 Å². The third kappa shape index (κ3) is 41.5. The van der Waals surface area contributed by atoms with E-state index >= 15 is 0 Å². The van der Waals surface area contributed by atoms with Crippen LogP contribution in [0, 0.1) is 0 Å². The van der Waals surface area contributed by atoms with Gasteiger partial charge in [-0.3, -0.25) is 4.79 Å². The smallest absolute Gasteiger partial charge is 0.220 e. The van der Waals surface area contributed by atoms with E-state index in [1.807, 2.05) is 6.08 Å². The molecule has 0 saturated heterocycles. The Kier molecular flexibility index (Phi) is 44.3. The highest BCUT2D eigenvalue weighted by Gasteiger charge is 2.17. The number of allylic oxidation sites excluding steroid dienone is 7. The Balaban J connectivity index is 3.41. The fourth-order valence-corrected chi connectivity index (χ4v) is 7.11. The quantitative estimate of drug-likeness (QED) is 0.0429. The molecule has 0 aromatic rings. The lowest BCUT2D eigenvalue weighted by atomic mass is 10.0. The minimum absolute atomic E-state index is 0.0748. The number of carbonyl (C=O) groups is 1. The fourth-order valence-electron chi connectivity index (χ4n) is 7.11. The normalized spacial score (nSPS) is 13.3. The van der Waals surface area contributed by atoms with Crippen LogP contribution in [0.4, 0.5) is 0 Å². The zero-order valence-electron chi connectivity index (χ0n) is 36.2. The van der Waals surface area contributed by atoms with Gasteiger partial charge in [-0.15, -0.1) is 0 Å². The van der Waals surface area contributed by atoms with E-state index in [-0.39, 0.29) is 12.5 Å². The van der Waals surface area contributed by atoms with Crippen molar-refractivity contribution in [3.8, 4) is 0 Å². The van der Waals surface area contributed by atoms with Gasteiger partial charge in [-0.25, -0.2) is 0 Å². The molecule has 1 amide bonds. The number of aliphatic hydroxyl groups is 2. The molecule has 2 atom stereocenters. The van der Waals surface area contributed by atoms with Gasteiger partial charge in [0.05, 0.1) is 18.8 Å². The van der Waals surface area contributed by atoms with Crippen molar-refractivity contribution in [3.05, 3.63) is 48.6 Å². The number of hydrogen-bond acceptors (Lipinski definition) is 3. The summed E-state index contributed by atoms with van der Waals surface area (Å²) in [7, 11) is 0. The van der Waals surface area contributed by atoms with Gasteiger partial charge >= 0.3 is 0 Å². The highest BCUT2D eigenvalue weighted by Crippen LogP contribution is 2.16.